The zero-order valence-corrected chi connectivity index (χ0v) is 16.1. The number of hydrogen-bond acceptors (Lipinski definition) is 4. The largest absolute Gasteiger partial charge is 0.467 e. The number of para-hydroxylation sites is 1. The number of fused-ring (bicyclic) bond motifs is 1. The Morgan fingerprint density at radius 2 is 1.86 bits per heavy atom. The molecule has 0 spiro atoms. The molecule has 142 valence electrons. The fourth-order valence-electron chi connectivity index (χ4n) is 3.58. The monoisotopic (exact) mass is 375 g/mol. The first-order chi connectivity index (χ1) is 13.5. The third-order valence-electron chi connectivity index (χ3n) is 5.12. The predicted molar refractivity (Wildman–Crippen MR) is 107 cm³/mol. The van der Waals surface area contributed by atoms with Gasteiger partial charge in [-0.3, -0.25) is 14.2 Å². The molecule has 0 aliphatic rings. The molecule has 1 aromatic carbocycles. The summed E-state index contributed by atoms with van der Waals surface area (Å²) in [7, 11) is 0. The lowest BCUT2D eigenvalue weighted by molar-refractivity contribution is 0.0969. The van der Waals surface area contributed by atoms with Gasteiger partial charge in [0, 0.05) is 17.0 Å². The Hall–Kier alpha value is -3.41. The van der Waals surface area contributed by atoms with Crippen LogP contribution < -0.4 is 5.56 Å². The smallest absolute Gasteiger partial charge is 0.261 e. The molecule has 0 amide bonds. The van der Waals surface area contributed by atoms with Crippen molar-refractivity contribution in [3.05, 3.63) is 87.6 Å². The van der Waals surface area contributed by atoms with E-state index < -0.39 is 0 Å². The molecule has 0 fully saturated rings. The van der Waals surface area contributed by atoms with E-state index in [9.17, 15) is 9.59 Å². The van der Waals surface area contributed by atoms with Crippen molar-refractivity contribution in [3.8, 4) is 0 Å². The van der Waals surface area contributed by atoms with Crippen LogP contribution in [-0.2, 0) is 13.1 Å². The summed E-state index contributed by atoms with van der Waals surface area (Å²) in [4.78, 5) is 30.3. The molecule has 0 saturated carbocycles. The van der Waals surface area contributed by atoms with Gasteiger partial charge in [-0.1, -0.05) is 12.1 Å². The molecule has 28 heavy (non-hydrogen) atoms. The average molecular weight is 375 g/mol. The van der Waals surface area contributed by atoms with Crippen molar-refractivity contribution in [1.82, 2.24) is 14.1 Å². The summed E-state index contributed by atoms with van der Waals surface area (Å²) < 4.78 is 8.92. The lowest BCUT2D eigenvalue weighted by Gasteiger charge is -2.11. The topological polar surface area (TPSA) is 70.0 Å². The second-order valence-electron chi connectivity index (χ2n) is 6.94. The Balaban J connectivity index is 1.68. The highest BCUT2D eigenvalue weighted by atomic mass is 16.3. The second kappa shape index (κ2) is 6.96. The predicted octanol–water partition coefficient (Wildman–Crippen LogP) is 3.65. The van der Waals surface area contributed by atoms with E-state index in [4.69, 9.17) is 4.42 Å². The summed E-state index contributed by atoms with van der Waals surface area (Å²) >= 11 is 0. The molecule has 0 bridgehead atoms. The van der Waals surface area contributed by atoms with Crippen molar-refractivity contribution < 1.29 is 9.21 Å². The minimum Gasteiger partial charge on any atom is -0.467 e. The second-order valence-corrected chi connectivity index (χ2v) is 6.94. The summed E-state index contributed by atoms with van der Waals surface area (Å²) in [6.07, 6.45) is 1.64. The van der Waals surface area contributed by atoms with Gasteiger partial charge >= 0.3 is 0 Å². The van der Waals surface area contributed by atoms with E-state index in [0.717, 1.165) is 17.1 Å². The first-order valence-electron chi connectivity index (χ1n) is 9.14. The Morgan fingerprint density at radius 3 is 2.61 bits per heavy atom. The third kappa shape index (κ3) is 3.07. The number of furan rings is 1. The van der Waals surface area contributed by atoms with Gasteiger partial charge in [0.1, 0.15) is 11.6 Å². The highest BCUT2D eigenvalue weighted by Crippen LogP contribution is 2.19. The first kappa shape index (κ1) is 18.0. The molecule has 0 unspecified atom stereocenters. The minimum atomic E-state index is -0.194. The molecule has 0 radical (unpaired) electrons. The van der Waals surface area contributed by atoms with Crippen LogP contribution in [0.1, 0.15) is 33.3 Å². The van der Waals surface area contributed by atoms with Crippen LogP contribution in [0.3, 0.4) is 0 Å². The van der Waals surface area contributed by atoms with Crippen LogP contribution in [0.15, 0.2) is 57.9 Å². The summed E-state index contributed by atoms with van der Waals surface area (Å²) in [6.45, 7) is 6.16. The van der Waals surface area contributed by atoms with Gasteiger partial charge in [-0.25, -0.2) is 4.98 Å². The van der Waals surface area contributed by atoms with E-state index in [2.05, 4.69) is 4.98 Å². The number of aromatic nitrogens is 3. The van der Waals surface area contributed by atoms with E-state index in [1.165, 1.54) is 4.57 Å². The number of hydrogen-bond donors (Lipinski definition) is 0. The standard InChI is InChI=1S/C22H21N3O3/c1-14-11-19(15(2)24(14)12-17-7-6-10-28-17)21(26)13-25-16(3)23-20-9-5-4-8-18(20)22(25)27/h4-11H,12-13H2,1-3H3. The van der Waals surface area contributed by atoms with Gasteiger partial charge in [0.05, 0.1) is 30.3 Å². The molecule has 0 atom stereocenters. The van der Waals surface area contributed by atoms with Crippen LogP contribution in [0.5, 0.6) is 0 Å². The maximum Gasteiger partial charge on any atom is 0.261 e. The van der Waals surface area contributed by atoms with Gasteiger partial charge in [0.25, 0.3) is 5.56 Å². The van der Waals surface area contributed by atoms with Gasteiger partial charge in [0.15, 0.2) is 5.78 Å². The summed E-state index contributed by atoms with van der Waals surface area (Å²) in [5.41, 5.74) is 2.89. The molecule has 4 rings (SSSR count). The number of benzene rings is 1. The van der Waals surface area contributed by atoms with Crippen LogP contribution >= 0.6 is 0 Å². The molecular weight excluding hydrogens is 354 g/mol. The van der Waals surface area contributed by atoms with E-state index >= 15 is 0 Å². The van der Waals surface area contributed by atoms with Crippen molar-refractivity contribution in [2.75, 3.05) is 0 Å². The number of nitrogens with zero attached hydrogens (tertiary/aromatic N) is 3. The zero-order valence-electron chi connectivity index (χ0n) is 16.1. The quantitative estimate of drug-likeness (QED) is 0.499. The fourth-order valence-corrected chi connectivity index (χ4v) is 3.58. The highest BCUT2D eigenvalue weighted by molar-refractivity contribution is 5.97. The maximum atomic E-state index is 13.0. The molecule has 3 heterocycles. The van der Waals surface area contributed by atoms with Crippen molar-refractivity contribution in [1.29, 1.82) is 0 Å². The van der Waals surface area contributed by atoms with Crippen molar-refractivity contribution >= 4 is 16.7 Å². The molecule has 0 aliphatic heterocycles. The molecule has 0 aliphatic carbocycles. The van der Waals surface area contributed by atoms with E-state index in [1.54, 1.807) is 31.4 Å². The Bertz CT molecular complexity index is 1230. The van der Waals surface area contributed by atoms with E-state index in [1.807, 2.05) is 42.7 Å². The van der Waals surface area contributed by atoms with Gasteiger partial charge in [-0.05, 0) is 51.1 Å². The molecule has 0 N–H and O–H groups in total. The lowest BCUT2D eigenvalue weighted by Crippen LogP contribution is -2.27. The average Bonchev–Trinajstić information content (AvgIpc) is 3.29. The molecular formula is C22H21N3O3. The first-order valence-corrected chi connectivity index (χ1v) is 9.14. The Labute approximate surface area is 162 Å². The minimum absolute atomic E-state index is 0.0342. The highest BCUT2D eigenvalue weighted by Gasteiger charge is 2.19. The summed E-state index contributed by atoms with van der Waals surface area (Å²) in [5, 5.41) is 0.518. The number of Topliss-reactive ketones (excluding diaryl/α,β-unsaturated/α-hetero) is 1. The van der Waals surface area contributed by atoms with Crippen molar-refractivity contribution in [2.45, 2.75) is 33.9 Å². The number of carbonyl (C=O) groups is 1. The van der Waals surface area contributed by atoms with Crippen LogP contribution in [0.25, 0.3) is 10.9 Å². The molecule has 0 saturated heterocycles. The zero-order chi connectivity index (χ0) is 19.8. The number of ketones is 1. The maximum absolute atomic E-state index is 13.0. The van der Waals surface area contributed by atoms with Gasteiger partial charge in [-0.15, -0.1) is 0 Å². The van der Waals surface area contributed by atoms with Gasteiger partial charge in [0.2, 0.25) is 0 Å². The molecule has 4 aromatic rings. The van der Waals surface area contributed by atoms with Crippen LogP contribution in [-0.4, -0.2) is 19.9 Å². The van der Waals surface area contributed by atoms with Crippen molar-refractivity contribution in [2.24, 2.45) is 0 Å². The van der Waals surface area contributed by atoms with E-state index in [-0.39, 0.29) is 17.9 Å². The fraction of sp³-hybridized carbons (Fsp3) is 0.227. The van der Waals surface area contributed by atoms with Crippen LogP contribution in [0, 0.1) is 20.8 Å². The van der Waals surface area contributed by atoms with Crippen molar-refractivity contribution in [3.63, 3.8) is 0 Å². The van der Waals surface area contributed by atoms with Gasteiger partial charge in [-0.2, -0.15) is 0 Å². The Morgan fingerprint density at radius 1 is 1.07 bits per heavy atom. The summed E-state index contributed by atoms with van der Waals surface area (Å²) in [6, 6.07) is 12.8. The van der Waals surface area contributed by atoms with Crippen LogP contribution in [0.4, 0.5) is 0 Å². The molecule has 6 nitrogen and oxygen atoms in total. The normalized spacial score (nSPS) is 11.2. The molecule has 3 aromatic heterocycles. The Kier molecular flexibility index (Phi) is 4.47. The van der Waals surface area contributed by atoms with Crippen LogP contribution in [0.2, 0.25) is 0 Å². The third-order valence-corrected chi connectivity index (χ3v) is 5.12. The number of rotatable bonds is 5. The summed E-state index contributed by atoms with van der Waals surface area (Å²) in [5.74, 6) is 1.24. The van der Waals surface area contributed by atoms with E-state index in [0.29, 0.717) is 28.8 Å². The lowest BCUT2D eigenvalue weighted by atomic mass is 10.1. The molecule has 6 heteroatoms. The SMILES string of the molecule is Cc1cc(C(=O)Cn2c(C)nc3ccccc3c2=O)c(C)n1Cc1ccco1. The van der Waals surface area contributed by atoms with Gasteiger partial charge < -0.3 is 8.98 Å². The number of aryl methyl sites for hydroxylation is 2. The number of carbonyl (C=O) groups excluding carboxylic acids is 1.